The van der Waals surface area contributed by atoms with E-state index in [2.05, 4.69) is 19.9 Å². The van der Waals surface area contributed by atoms with Crippen LogP contribution in [0.4, 0.5) is 20.7 Å². The Balaban J connectivity index is 1.49. The third kappa shape index (κ3) is 8.47. The molecule has 5 atom stereocenters. The number of piperidine rings is 2. The fourth-order valence-corrected chi connectivity index (χ4v) is 6.95. The molecular weight excluding hydrogens is 598 g/mol. The highest BCUT2D eigenvalue weighted by Crippen LogP contribution is 2.26. The molecule has 18 heteroatoms. The van der Waals surface area contributed by atoms with Crippen molar-refractivity contribution >= 4 is 31.9 Å². The number of hydrogen-bond acceptors (Lipinski definition) is 12. The van der Waals surface area contributed by atoms with Crippen molar-refractivity contribution in [1.82, 2.24) is 19.9 Å². The van der Waals surface area contributed by atoms with Gasteiger partial charge in [-0.15, -0.1) is 0 Å². The fraction of sp³-hybridized carbons (Fsp3) is 0.667. The van der Waals surface area contributed by atoms with Crippen molar-refractivity contribution in [3.05, 3.63) is 35.9 Å². The minimum atomic E-state index is -3.95. The van der Waals surface area contributed by atoms with Gasteiger partial charge in [-0.1, -0.05) is 0 Å². The van der Waals surface area contributed by atoms with Crippen LogP contribution in [0, 0.1) is 11.6 Å². The van der Waals surface area contributed by atoms with Crippen LogP contribution in [0.2, 0.25) is 0 Å². The molecule has 0 saturated carbocycles. The van der Waals surface area contributed by atoms with Crippen LogP contribution in [0.3, 0.4) is 0 Å². The second-order valence-corrected chi connectivity index (χ2v) is 14.6. The van der Waals surface area contributed by atoms with Crippen LogP contribution < -0.4 is 20.1 Å². The Morgan fingerprint density at radius 2 is 1.33 bits per heavy atom. The first kappa shape index (κ1) is 32.3. The van der Waals surface area contributed by atoms with Gasteiger partial charge in [0.15, 0.2) is 11.6 Å². The van der Waals surface area contributed by atoms with Gasteiger partial charge in [-0.25, -0.2) is 55.8 Å². The summed E-state index contributed by atoms with van der Waals surface area (Å²) in [6, 6.07) is 0. The van der Waals surface area contributed by atoms with Crippen LogP contribution in [0.1, 0.15) is 39.3 Å². The number of ether oxygens (including phenoxy) is 2. The van der Waals surface area contributed by atoms with Crippen molar-refractivity contribution in [2.24, 2.45) is 10.3 Å². The minimum Gasteiger partial charge on any atom is -0.374 e. The highest BCUT2D eigenvalue weighted by atomic mass is 32.2. The fourth-order valence-electron chi connectivity index (χ4n) is 5.21. The summed E-state index contributed by atoms with van der Waals surface area (Å²) in [5, 5.41) is 8.97. The first-order chi connectivity index (χ1) is 19.6. The van der Waals surface area contributed by atoms with E-state index in [1.165, 1.54) is 0 Å². The number of nitrogens with zero attached hydrogens (tertiary/aromatic N) is 6. The summed E-state index contributed by atoms with van der Waals surface area (Å²) in [5.41, 5.74) is 0.0316. The van der Waals surface area contributed by atoms with Gasteiger partial charge in [0, 0.05) is 32.6 Å². The Morgan fingerprint density at radius 3 is 1.86 bits per heavy atom. The number of halogens is 2. The summed E-state index contributed by atoms with van der Waals surface area (Å²) < 4.78 is 88.9. The molecule has 2 saturated heterocycles. The zero-order chi connectivity index (χ0) is 30.8. The van der Waals surface area contributed by atoms with Gasteiger partial charge in [-0.3, -0.25) is 0 Å². The number of hydrogen-bond donors (Lipinski definition) is 2. The summed E-state index contributed by atoms with van der Waals surface area (Å²) in [5.74, 6) is -1.08. The molecule has 14 nitrogen and oxygen atoms in total. The first-order valence-electron chi connectivity index (χ1n) is 13.4. The molecule has 1 unspecified atom stereocenters. The van der Waals surface area contributed by atoms with E-state index in [0.717, 1.165) is 18.6 Å². The molecule has 4 rings (SSSR count). The Morgan fingerprint density at radius 1 is 0.833 bits per heavy atom. The highest BCUT2D eigenvalue weighted by molar-refractivity contribution is 7.90. The smallest absolute Gasteiger partial charge is 0.225 e. The number of sulfonamides is 2. The van der Waals surface area contributed by atoms with E-state index in [9.17, 15) is 25.6 Å². The first-order valence-corrected chi connectivity index (χ1v) is 16.6. The molecule has 2 aromatic heterocycles. The maximum absolute atomic E-state index is 14.8. The summed E-state index contributed by atoms with van der Waals surface area (Å²) in [4.78, 5) is 19.5. The van der Waals surface area contributed by atoms with Gasteiger partial charge < -0.3 is 19.3 Å². The van der Waals surface area contributed by atoms with Gasteiger partial charge in [0.05, 0.1) is 59.2 Å². The minimum absolute atomic E-state index is 0.000524. The summed E-state index contributed by atoms with van der Waals surface area (Å²) in [7, 11) is -7.84. The molecular formula is C24H36F2N8O6S2. The molecule has 2 aliphatic rings. The molecule has 4 N–H and O–H groups in total. The largest absolute Gasteiger partial charge is 0.374 e. The zero-order valence-electron chi connectivity index (χ0n) is 23.5. The molecule has 0 aromatic carbocycles. The van der Waals surface area contributed by atoms with Gasteiger partial charge in [0.25, 0.3) is 0 Å². The van der Waals surface area contributed by atoms with Crippen LogP contribution in [0.25, 0.3) is 0 Å². The van der Waals surface area contributed by atoms with Crippen LogP contribution in [-0.4, -0.2) is 97.9 Å². The van der Waals surface area contributed by atoms with Crippen molar-refractivity contribution in [2.45, 2.75) is 74.9 Å². The average Bonchev–Trinajstić information content (AvgIpc) is 2.88. The Hall–Kier alpha value is -2.64. The van der Waals surface area contributed by atoms with Crippen molar-refractivity contribution in [3.63, 3.8) is 0 Å². The molecule has 0 amide bonds. The van der Waals surface area contributed by atoms with E-state index < -0.39 is 60.5 Å². The van der Waals surface area contributed by atoms with Gasteiger partial charge in [-0.05, 0) is 33.6 Å². The van der Waals surface area contributed by atoms with Gasteiger partial charge in [-0.2, -0.15) is 0 Å². The maximum atomic E-state index is 14.8. The van der Waals surface area contributed by atoms with Crippen molar-refractivity contribution in [1.29, 1.82) is 0 Å². The predicted molar refractivity (Wildman–Crippen MR) is 149 cm³/mol. The SMILES string of the molecule is CC(C)O[C@@H]1C[C@H](S(N)(=O)=O)CN(c2ncc(F)c(CC(C)O[C@H]3C[C@@H](S(N)(=O)=O)CN(c4ncc(F)cn4)C3)n2)C1. The van der Waals surface area contributed by atoms with E-state index in [-0.39, 0.29) is 62.6 Å². The predicted octanol–water partition coefficient (Wildman–Crippen LogP) is 0.0892. The molecule has 0 aliphatic carbocycles. The summed E-state index contributed by atoms with van der Waals surface area (Å²) in [6.07, 6.45) is 1.37. The zero-order valence-corrected chi connectivity index (χ0v) is 25.1. The van der Waals surface area contributed by atoms with Gasteiger partial charge >= 0.3 is 0 Å². The topological polar surface area (TPSA) is 197 Å². The monoisotopic (exact) mass is 634 g/mol. The molecule has 0 radical (unpaired) electrons. The average molecular weight is 635 g/mol. The molecule has 2 aliphatic heterocycles. The lowest BCUT2D eigenvalue weighted by Crippen LogP contribution is -2.52. The lowest BCUT2D eigenvalue weighted by Gasteiger charge is -2.38. The molecule has 4 heterocycles. The van der Waals surface area contributed by atoms with Gasteiger partial charge in [0.2, 0.25) is 31.9 Å². The number of rotatable bonds is 10. The third-order valence-corrected chi connectivity index (χ3v) is 9.56. The number of aromatic nitrogens is 4. The summed E-state index contributed by atoms with van der Waals surface area (Å²) >= 11 is 0. The molecule has 0 bridgehead atoms. The van der Waals surface area contributed by atoms with E-state index in [4.69, 9.17) is 19.8 Å². The number of nitrogens with two attached hydrogens (primary N) is 2. The van der Waals surface area contributed by atoms with E-state index >= 15 is 0 Å². The number of primary sulfonamides is 2. The van der Waals surface area contributed by atoms with E-state index in [1.54, 1.807) is 16.7 Å². The third-order valence-electron chi connectivity index (χ3n) is 7.02. The molecule has 234 valence electrons. The van der Waals surface area contributed by atoms with Crippen LogP contribution in [0.15, 0.2) is 18.6 Å². The standard InChI is InChI=1S/C24H36F2N8O6S2/c1-14(2)39-17-5-19(41(27,35)36)13-34(10-17)24-31-9-21(26)22(32-24)4-15(3)40-18-6-20(42(28,37)38)12-33(11-18)23-29-7-16(25)8-30-23/h7-9,14-15,17-20H,4-6,10-13H2,1-3H3,(H2,27,35,36)(H2,28,37,38)/t15?,17-,18+,19+,20-/m1/s1. The molecule has 42 heavy (non-hydrogen) atoms. The van der Waals surface area contributed by atoms with E-state index in [1.807, 2.05) is 13.8 Å². The molecule has 0 spiro atoms. The Bertz CT molecular complexity index is 1450. The normalized spacial score (nSPS) is 24.7. The maximum Gasteiger partial charge on any atom is 0.225 e. The van der Waals surface area contributed by atoms with Crippen molar-refractivity contribution < 1.29 is 35.1 Å². The van der Waals surface area contributed by atoms with Crippen LogP contribution >= 0.6 is 0 Å². The Kier molecular flexibility index (Phi) is 9.93. The second-order valence-electron chi connectivity index (χ2n) is 10.9. The lowest BCUT2D eigenvalue weighted by molar-refractivity contribution is -0.00844. The Labute approximate surface area is 243 Å². The summed E-state index contributed by atoms with van der Waals surface area (Å²) in [6.45, 7) is 5.86. The molecule has 2 aromatic rings. The van der Waals surface area contributed by atoms with Crippen LogP contribution in [-0.2, 0) is 35.9 Å². The second kappa shape index (κ2) is 12.9. The van der Waals surface area contributed by atoms with E-state index in [0.29, 0.717) is 6.54 Å². The van der Waals surface area contributed by atoms with Crippen LogP contribution in [0.5, 0.6) is 0 Å². The van der Waals surface area contributed by atoms with Crippen molar-refractivity contribution in [3.8, 4) is 0 Å². The quantitative estimate of drug-likeness (QED) is 0.358. The number of anilines is 2. The highest BCUT2D eigenvalue weighted by Gasteiger charge is 2.37. The molecule has 2 fully saturated rings. The lowest BCUT2D eigenvalue weighted by atomic mass is 10.1. The van der Waals surface area contributed by atoms with Gasteiger partial charge in [0.1, 0.15) is 0 Å². The van der Waals surface area contributed by atoms with Crippen molar-refractivity contribution in [2.75, 3.05) is 36.0 Å².